The third kappa shape index (κ3) is 16.5. The molecule has 21 heteroatoms. The van der Waals surface area contributed by atoms with Gasteiger partial charge in [-0.3, -0.25) is 14.6 Å². The summed E-state index contributed by atoms with van der Waals surface area (Å²) in [6, 6.07) is 6.78. The van der Waals surface area contributed by atoms with Crippen molar-refractivity contribution in [2.75, 3.05) is 32.7 Å². The zero-order valence-corrected chi connectivity index (χ0v) is 45.8. The van der Waals surface area contributed by atoms with E-state index in [1.807, 2.05) is 0 Å². The molecule has 0 saturated carbocycles. The number of ketones is 1. The van der Waals surface area contributed by atoms with Crippen LogP contribution in [-0.2, 0) is 40.6 Å². The van der Waals surface area contributed by atoms with E-state index < -0.39 is 95.8 Å². The molecule has 1 aliphatic carbocycles. The maximum absolute atomic E-state index is 14.0. The van der Waals surface area contributed by atoms with Crippen molar-refractivity contribution in [2.45, 2.75) is 58.9 Å². The molecule has 286 valence electrons. The van der Waals surface area contributed by atoms with Gasteiger partial charge in [-0.2, -0.15) is 0 Å². The number of carboxylic acids is 4. The molecular weight excluding hydrogens is 827 g/mol. The Morgan fingerprint density at radius 2 is 1.17 bits per heavy atom. The first-order valence-electron chi connectivity index (χ1n) is 16.4. The van der Waals surface area contributed by atoms with Gasteiger partial charge in [0.25, 0.3) is 0 Å². The van der Waals surface area contributed by atoms with Crippen LogP contribution in [0.15, 0.2) is 63.6 Å². The number of carbonyl (C=O) groups is 5. The molecule has 1 aliphatic rings. The molecule has 3 rings (SSSR count). The monoisotopic (exact) mass is 866 g/mol. The van der Waals surface area contributed by atoms with Crippen LogP contribution in [0.5, 0.6) is 5.75 Å². The second-order valence-corrected chi connectivity index (χ2v) is 14.7. The summed E-state index contributed by atoms with van der Waals surface area (Å²) in [5.74, 6) is -8.24. The average molecular weight is 867 g/mol. The van der Waals surface area contributed by atoms with E-state index in [2.05, 4.69) is 0 Å². The number of aromatic hydroxyl groups is 1. The summed E-state index contributed by atoms with van der Waals surface area (Å²) < 4.78 is 38.3. The third-order valence-electron chi connectivity index (χ3n) is 8.79. The predicted molar refractivity (Wildman–Crippen MR) is 180 cm³/mol. The van der Waals surface area contributed by atoms with Crippen molar-refractivity contribution in [3.05, 3.63) is 86.5 Å². The summed E-state index contributed by atoms with van der Waals surface area (Å²) in [4.78, 5) is 61.4. The van der Waals surface area contributed by atoms with Crippen LogP contribution in [0.4, 0.5) is 0 Å². The van der Waals surface area contributed by atoms with Gasteiger partial charge in [0, 0.05) is 61.5 Å². The van der Waals surface area contributed by atoms with Crippen LogP contribution in [0.1, 0.15) is 68.4 Å². The van der Waals surface area contributed by atoms with Crippen molar-refractivity contribution >= 4 is 45.4 Å². The number of phenols is 1. The van der Waals surface area contributed by atoms with Crippen LogP contribution < -0.4 is 168 Å². The number of hydrogen-bond donors (Lipinski definition) is 1. The van der Waals surface area contributed by atoms with Crippen molar-refractivity contribution in [2.24, 2.45) is 5.92 Å². The van der Waals surface area contributed by atoms with Crippen LogP contribution in [0, 0.1) is 12.8 Å². The van der Waals surface area contributed by atoms with Crippen LogP contribution in [0.25, 0.3) is 5.57 Å². The van der Waals surface area contributed by atoms with Gasteiger partial charge < -0.3 is 49.3 Å². The number of rotatable bonds is 17. The second-order valence-electron chi connectivity index (χ2n) is 13.3. The molecule has 0 spiro atoms. The van der Waals surface area contributed by atoms with Crippen LogP contribution in [0.2, 0.25) is 0 Å². The molecule has 0 aliphatic heterocycles. The fraction of sp³-hybridized carbons (Fsp3) is 0.378. The molecule has 1 N–H and O–H groups in total. The topological polar surface area (TPSA) is 261 Å². The standard InChI is InChI=1S/C37H44N2O13S.5Na/c1-19(2)24-11-26(21(5)28(36(24)48)13-38(15-31(40)41)16-32(42)43)35(23-9-7-8-10-30(23)53(50,51)52)27-12-25(20(3)4)37(49)29(22(27)6)14-39(17-33(44)45)18-34(46)47;;;;;/h7-12,19-20,48H,13-18H2,1-6H3,(H,40,41)(H,42,43)(H,44,45)(H,46,47)(H,50,51,52);;;;;/q;5*+1/p-5. The zero-order chi connectivity index (χ0) is 40.1. The van der Waals surface area contributed by atoms with Crippen LogP contribution in [-0.4, -0.2) is 90.3 Å². The van der Waals surface area contributed by atoms with E-state index in [1.165, 1.54) is 38.1 Å². The quantitative estimate of drug-likeness (QED) is 0.114. The molecule has 15 nitrogen and oxygen atoms in total. The number of carboxylic acid groups (broad SMARTS) is 4. The van der Waals surface area contributed by atoms with E-state index in [0.29, 0.717) is 0 Å². The molecule has 0 bridgehead atoms. The number of hydrogen-bond acceptors (Lipinski definition) is 15. The maximum Gasteiger partial charge on any atom is 1.00 e. The smallest absolute Gasteiger partial charge is 0.744 e. The van der Waals surface area contributed by atoms with Gasteiger partial charge in [-0.25, -0.2) is 8.42 Å². The molecule has 0 amide bonds. The van der Waals surface area contributed by atoms with Crippen molar-refractivity contribution in [3.8, 4) is 5.75 Å². The molecule has 58 heavy (non-hydrogen) atoms. The fourth-order valence-electron chi connectivity index (χ4n) is 6.29. The van der Waals surface area contributed by atoms with Crippen LogP contribution >= 0.6 is 0 Å². The Bertz CT molecular complexity index is 2030. The average Bonchev–Trinajstić information content (AvgIpc) is 3.01. The number of allylic oxidation sites excluding steroid dienone is 4. The SMILES string of the molecule is CC1=C(CN(CC(=O)[O-])CC(=O)[O-])C(=O)C(C(C)C)=CC1=C(c1ccccc1S(=O)(=O)[O-])c1cc(C(C)C)c(O)c(CN(CC(=O)[O-])CC(=O)[O-])c1C.[Na+].[Na+].[Na+].[Na+].[Na+]. The Kier molecular flexibility index (Phi) is 29.1. The van der Waals surface area contributed by atoms with Crippen molar-refractivity contribution in [1.82, 2.24) is 9.80 Å². The van der Waals surface area contributed by atoms with E-state index in [1.54, 1.807) is 33.8 Å². The molecular formula is C37H39N2Na5O13S. The summed E-state index contributed by atoms with van der Waals surface area (Å²) in [5, 5.41) is 57.7. The number of Topliss-reactive ketones (excluding diaryl/α,β-unsaturated/α-hetero) is 1. The minimum absolute atomic E-state index is 0. The van der Waals surface area contributed by atoms with E-state index in [0.717, 1.165) is 15.9 Å². The normalized spacial score (nSPS) is 13.4. The van der Waals surface area contributed by atoms with Crippen molar-refractivity contribution in [3.63, 3.8) is 0 Å². The van der Waals surface area contributed by atoms with E-state index >= 15 is 0 Å². The molecule has 0 saturated heterocycles. The molecule has 2 aromatic rings. The first-order chi connectivity index (χ1) is 24.5. The van der Waals surface area contributed by atoms with Gasteiger partial charge in [0.05, 0.1) is 28.8 Å². The number of nitrogens with zero attached hydrogens (tertiary/aromatic N) is 2. The van der Waals surface area contributed by atoms with Gasteiger partial charge in [-0.05, 0) is 77.3 Å². The maximum atomic E-state index is 14.0. The van der Waals surface area contributed by atoms with E-state index in [4.69, 9.17) is 0 Å². The largest absolute Gasteiger partial charge is 1.00 e. The molecule has 0 heterocycles. The molecule has 0 fully saturated rings. The predicted octanol–water partition coefficient (Wildman–Crippen LogP) is -16.9. The Balaban J connectivity index is -0.00000605. The van der Waals surface area contributed by atoms with Gasteiger partial charge in [-0.15, -0.1) is 0 Å². The Morgan fingerprint density at radius 1 is 0.724 bits per heavy atom. The molecule has 0 aromatic heterocycles. The van der Waals surface area contributed by atoms with Gasteiger partial charge >= 0.3 is 148 Å². The van der Waals surface area contributed by atoms with Gasteiger partial charge in [0.1, 0.15) is 15.9 Å². The van der Waals surface area contributed by atoms with Gasteiger partial charge in [0.15, 0.2) is 5.78 Å². The van der Waals surface area contributed by atoms with E-state index in [9.17, 15) is 62.5 Å². The first kappa shape index (κ1) is 62.1. The zero-order valence-electron chi connectivity index (χ0n) is 35.0. The van der Waals surface area contributed by atoms with Crippen molar-refractivity contribution in [1.29, 1.82) is 0 Å². The first-order valence-corrected chi connectivity index (χ1v) is 17.8. The summed E-state index contributed by atoms with van der Waals surface area (Å²) in [5.41, 5.74) is 1.21. The fourth-order valence-corrected chi connectivity index (χ4v) is 6.98. The molecule has 2 aromatic carbocycles. The number of benzene rings is 2. The Morgan fingerprint density at radius 3 is 1.59 bits per heavy atom. The molecule has 0 unspecified atom stereocenters. The summed E-state index contributed by atoms with van der Waals surface area (Å²) in [7, 11) is -5.19. The molecule has 0 atom stereocenters. The minimum Gasteiger partial charge on any atom is -0.744 e. The summed E-state index contributed by atoms with van der Waals surface area (Å²) >= 11 is 0. The summed E-state index contributed by atoms with van der Waals surface area (Å²) in [6.45, 7) is 5.40. The minimum atomic E-state index is -5.19. The summed E-state index contributed by atoms with van der Waals surface area (Å²) in [6.07, 6.45) is 1.50. The number of carbonyl (C=O) groups excluding carboxylic acids is 5. The van der Waals surface area contributed by atoms with E-state index in [-0.39, 0.29) is 209 Å². The number of aliphatic carboxylic acids is 4. The Hall–Kier alpha value is -0.160. The molecule has 0 radical (unpaired) electrons. The Labute approximate surface area is 449 Å². The third-order valence-corrected chi connectivity index (χ3v) is 9.69. The second kappa shape index (κ2) is 27.1. The van der Waals surface area contributed by atoms with Crippen molar-refractivity contribution < 1.29 is 210 Å². The van der Waals surface area contributed by atoms with Crippen LogP contribution in [0.3, 0.4) is 0 Å². The van der Waals surface area contributed by atoms with Gasteiger partial charge in [-0.1, -0.05) is 45.9 Å². The number of phenolic OH excluding ortho intramolecular Hbond substituents is 1. The van der Waals surface area contributed by atoms with Gasteiger partial charge in [0.2, 0.25) is 0 Å².